The molecule has 1 fully saturated rings. The lowest BCUT2D eigenvalue weighted by Gasteiger charge is -2.27. The van der Waals surface area contributed by atoms with Crippen LogP contribution in [0, 0.1) is 0 Å². The molecule has 0 saturated carbocycles. The van der Waals surface area contributed by atoms with Crippen LogP contribution in [0.25, 0.3) is 6.08 Å². The van der Waals surface area contributed by atoms with Gasteiger partial charge in [-0.3, -0.25) is 9.69 Å². The largest absolute Gasteiger partial charge is 0.348 e. The molecule has 136 valence electrons. The summed E-state index contributed by atoms with van der Waals surface area (Å²) in [5.41, 5.74) is 3.44. The van der Waals surface area contributed by atoms with Crippen LogP contribution >= 0.6 is 11.6 Å². The first kappa shape index (κ1) is 18.7. The number of hydrogen-bond acceptors (Lipinski definition) is 2. The third-order valence-electron chi connectivity index (χ3n) is 4.71. The van der Waals surface area contributed by atoms with Crippen LogP contribution in [0.5, 0.6) is 0 Å². The van der Waals surface area contributed by atoms with E-state index in [1.165, 1.54) is 43.5 Å². The van der Waals surface area contributed by atoms with Gasteiger partial charge in [-0.15, -0.1) is 0 Å². The average molecular weight is 369 g/mol. The van der Waals surface area contributed by atoms with E-state index < -0.39 is 0 Å². The van der Waals surface area contributed by atoms with Crippen molar-refractivity contribution in [2.45, 2.75) is 32.4 Å². The van der Waals surface area contributed by atoms with Crippen molar-refractivity contribution in [3.63, 3.8) is 0 Å². The Morgan fingerprint density at radius 3 is 2.42 bits per heavy atom. The zero-order chi connectivity index (χ0) is 18.2. The molecule has 4 heteroatoms. The molecule has 1 amide bonds. The Labute approximate surface area is 160 Å². The molecule has 0 aromatic heterocycles. The number of nitrogens with one attached hydrogen (secondary N) is 1. The topological polar surface area (TPSA) is 32.3 Å². The smallest absolute Gasteiger partial charge is 0.244 e. The minimum absolute atomic E-state index is 0.0901. The van der Waals surface area contributed by atoms with E-state index in [1.807, 2.05) is 30.3 Å². The van der Waals surface area contributed by atoms with Crippen LogP contribution in [0.1, 0.15) is 36.0 Å². The number of amides is 1. The van der Waals surface area contributed by atoms with Crippen molar-refractivity contribution in [1.29, 1.82) is 0 Å². The normalized spacial score (nSPS) is 15.3. The molecule has 2 aromatic rings. The lowest BCUT2D eigenvalue weighted by Crippen LogP contribution is -2.30. The average Bonchev–Trinajstić information content (AvgIpc) is 2.68. The molecule has 0 aliphatic carbocycles. The third-order valence-corrected chi connectivity index (χ3v) is 4.96. The molecule has 0 bridgehead atoms. The summed E-state index contributed by atoms with van der Waals surface area (Å²) in [6.45, 7) is 3.86. The Hall–Kier alpha value is -2.10. The highest BCUT2D eigenvalue weighted by atomic mass is 35.5. The molecule has 3 nitrogen and oxygen atoms in total. The number of halogens is 1. The van der Waals surface area contributed by atoms with Crippen LogP contribution in [0.3, 0.4) is 0 Å². The Bertz CT molecular complexity index is 749. The second-order valence-corrected chi connectivity index (χ2v) is 7.14. The highest BCUT2D eigenvalue weighted by Crippen LogP contribution is 2.16. The maximum Gasteiger partial charge on any atom is 0.244 e. The summed E-state index contributed by atoms with van der Waals surface area (Å²) < 4.78 is 0. The van der Waals surface area contributed by atoms with E-state index in [0.717, 1.165) is 12.1 Å². The predicted molar refractivity (Wildman–Crippen MR) is 108 cm³/mol. The fourth-order valence-electron chi connectivity index (χ4n) is 3.23. The van der Waals surface area contributed by atoms with Gasteiger partial charge in [-0.1, -0.05) is 54.4 Å². The number of nitrogens with zero attached hydrogens (tertiary/aromatic N) is 1. The Kier molecular flexibility index (Phi) is 6.87. The van der Waals surface area contributed by atoms with E-state index in [-0.39, 0.29) is 5.91 Å². The molecule has 0 unspecified atom stereocenters. The number of rotatable bonds is 6. The Morgan fingerprint density at radius 2 is 1.69 bits per heavy atom. The van der Waals surface area contributed by atoms with E-state index in [0.29, 0.717) is 11.6 Å². The number of likely N-dealkylation sites (tertiary alicyclic amines) is 1. The second kappa shape index (κ2) is 9.56. The Morgan fingerprint density at radius 1 is 1.00 bits per heavy atom. The molecule has 2 aromatic carbocycles. The predicted octanol–water partition coefficient (Wildman–Crippen LogP) is 4.66. The first-order valence-electron chi connectivity index (χ1n) is 9.21. The van der Waals surface area contributed by atoms with Crippen molar-refractivity contribution in [2.75, 3.05) is 13.1 Å². The van der Waals surface area contributed by atoms with Gasteiger partial charge >= 0.3 is 0 Å². The van der Waals surface area contributed by atoms with Crippen molar-refractivity contribution in [2.24, 2.45) is 0 Å². The van der Waals surface area contributed by atoms with Crippen molar-refractivity contribution in [1.82, 2.24) is 10.2 Å². The van der Waals surface area contributed by atoms with Crippen molar-refractivity contribution < 1.29 is 4.79 Å². The zero-order valence-electron chi connectivity index (χ0n) is 15.0. The maximum absolute atomic E-state index is 12.1. The van der Waals surface area contributed by atoms with Crippen LogP contribution in [0.4, 0.5) is 0 Å². The van der Waals surface area contributed by atoms with E-state index in [4.69, 9.17) is 11.6 Å². The summed E-state index contributed by atoms with van der Waals surface area (Å²) in [4.78, 5) is 14.6. The van der Waals surface area contributed by atoms with E-state index in [9.17, 15) is 4.79 Å². The quantitative estimate of drug-likeness (QED) is 0.752. The molecule has 1 heterocycles. The van der Waals surface area contributed by atoms with Crippen LogP contribution in [-0.2, 0) is 17.9 Å². The minimum atomic E-state index is -0.0901. The lowest BCUT2D eigenvalue weighted by atomic mass is 10.0. The highest BCUT2D eigenvalue weighted by Gasteiger charge is 2.12. The number of carbonyl (C=O) groups excluding carboxylic acids is 1. The van der Waals surface area contributed by atoms with E-state index in [1.54, 1.807) is 12.2 Å². The monoisotopic (exact) mass is 368 g/mol. The molecule has 1 saturated heterocycles. The van der Waals surface area contributed by atoms with Gasteiger partial charge in [-0.05, 0) is 60.8 Å². The molecule has 1 N–H and O–H groups in total. The SMILES string of the molecule is O=C(/C=C/c1ccc(Cl)cc1)NCc1ccccc1CN1CCCCC1. The molecule has 0 spiro atoms. The van der Waals surface area contributed by atoms with Gasteiger partial charge in [0.1, 0.15) is 0 Å². The number of benzene rings is 2. The first-order valence-corrected chi connectivity index (χ1v) is 9.59. The molecule has 3 rings (SSSR count). The molecular formula is C22H25ClN2O. The highest BCUT2D eigenvalue weighted by molar-refractivity contribution is 6.30. The van der Waals surface area contributed by atoms with Gasteiger partial charge < -0.3 is 5.32 Å². The third kappa shape index (κ3) is 5.72. The number of carbonyl (C=O) groups is 1. The van der Waals surface area contributed by atoms with Crippen molar-refractivity contribution >= 4 is 23.6 Å². The molecule has 0 radical (unpaired) electrons. The molecule has 26 heavy (non-hydrogen) atoms. The number of piperidine rings is 1. The summed E-state index contributed by atoms with van der Waals surface area (Å²) in [5.74, 6) is -0.0901. The minimum Gasteiger partial charge on any atom is -0.348 e. The summed E-state index contributed by atoms with van der Waals surface area (Å²) >= 11 is 5.87. The molecule has 0 atom stereocenters. The zero-order valence-corrected chi connectivity index (χ0v) is 15.7. The summed E-state index contributed by atoms with van der Waals surface area (Å²) in [6, 6.07) is 15.8. The van der Waals surface area contributed by atoms with Crippen molar-refractivity contribution in [3.8, 4) is 0 Å². The standard InChI is InChI=1S/C22H25ClN2O/c23-21-11-8-18(9-12-21)10-13-22(26)24-16-19-6-2-3-7-20(19)17-25-14-4-1-5-15-25/h2-3,6-13H,1,4-5,14-17H2,(H,24,26)/b13-10+. The van der Waals surface area contributed by atoms with Crippen molar-refractivity contribution in [3.05, 3.63) is 76.3 Å². The van der Waals surface area contributed by atoms with Gasteiger partial charge in [0.05, 0.1) is 0 Å². The summed E-state index contributed by atoms with van der Waals surface area (Å²) in [5, 5.41) is 3.68. The van der Waals surface area contributed by atoms with Gasteiger partial charge in [0.25, 0.3) is 0 Å². The van der Waals surface area contributed by atoms with Gasteiger partial charge in [-0.2, -0.15) is 0 Å². The van der Waals surface area contributed by atoms with E-state index in [2.05, 4.69) is 28.4 Å². The van der Waals surface area contributed by atoms with Gasteiger partial charge in [0.15, 0.2) is 0 Å². The van der Waals surface area contributed by atoms with Crippen LogP contribution in [0.15, 0.2) is 54.6 Å². The van der Waals surface area contributed by atoms with E-state index >= 15 is 0 Å². The Balaban J connectivity index is 1.55. The second-order valence-electron chi connectivity index (χ2n) is 6.71. The fraction of sp³-hybridized carbons (Fsp3) is 0.318. The van der Waals surface area contributed by atoms with Gasteiger partial charge in [0, 0.05) is 24.2 Å². The molecule has 1 aliphatic rings. The summed E-state index contributed by atoms with van der Waals surface area (Å²) in [6.07, 6.45) is 7.28. The lowest BCUT2D eigenvalue weighted by molar-refractivity contribution is -0.116. The first-order chi connectivity index (χ1) is 12.7. The summed E-state index contributed by atoms with van der Waals surface area (Å²) in [7, 11) is 0. The fourth-order valence-corrected chi connectivity index (χ4v) is 3.36. The molecule has 1 aliphatic heterocycles. The van der Waals surface area contributed by atoms with Crippen LogP contribution in [0.2, 0.25) is 5.02 Å². The maximum atomic E-state index is 12.1. The van der Waals surface area contributed by atoms with Crippen LogP contribution in [-0.4, -0.2) is 23.9 Å². The number of hydrogen-bond donors (Lipinski definition) is 1. The van der Waals surface area contributed by atoms with Gasteiger partial charge in [-0.25, -0.2) is 0 Å². The molecular weight excluding hydrogens is 344 g/mol. The van der Waals surface area contributed by atoms with Crippen LogP contribution < -0.4 is 5.32 Å². The van der Waals surface area contributed by atoms with Gasteiger partial charge in [0.2, 0.25) is 5.91 Å².